The van der Waals surface area contributed by atoms with E-state index >= 15 is 0 Å². The van der Waals surface area contributed by atoms with Gasteiger partial charge in [-0.15, -0.1) is 0 Å². The molecule has 9 N–H and O–H groups in total. The maximum Gasteiger partial charge on any atom is 0.239 e. The number of aliphatic hydroxyl groups excluding tert-OH is 6. The molecule has 0 bridgehead atoms. The van der Waals surface area contributed by atoms with E-state index in [0.717, 1.165) is 12.1 Å². The summed E-state index contributed by atoms with van der Waals surface area (Å²) in [6.07, 6.45) is -14.3. The van der Waals surface area contributed by atoms with E-state index in [1.54, 1.807) is 0 Å². The molecule has 1 aromatic heterocycles. The molecule has 2 fully saturated rings. The van der Waals surface area contributed by atoms with Gasteiger partial charge in [0.1, 0.15) is 70.9 Å². The van der Waals surface area contributed by atoms with Crippen LogP contribution in [-0.2, 0) is 14.2 Å². The van der Waals surface area contributed by atoms with Crippen molar-refractivity contribution < 1.29 is 69.3 Å². The van der Waals surface area contributed by atoms with E-state index < -0.39 is 91.2 Å². The summed E-state index contributed by atoms with van der Waals surface area (Å²) in [5.74, 6) is -1.97. The summed E-state index contributed by atoms with van der Waals surface area (Å²) in [4.78, 5) is 13.5. The molecule has 0 unspecified atom stereocenters. The van der Waals surface area contributed by atoms with Gasteiger partial charge in [-0.05, 0) is 24.3 Å². The molecule has 2 aliphatic rings. The van der Waals surface area contributed by atoms with Gasteiger partial charge in [-0.3, -0.25) is 4.79 Å². The fourth-order valence-corrected chi connectivity index (χ4v) is 4.64. The first kappa shape index (κ1) is 29.0. The summed E-state index contributed by atoms with van der Waals surface area (Å²) >= 11 is 0. The molecule has 15 heteroatoms. The van der Waals surface area contributed by atoms with Gasteiger partial charge in [0, 0.05) is 17.7 Å². The second-order valence-electron chi connectivity index (χ2n) is 9.65. The first-order valence-electron chi connectivity index (χ1n) is 12.4. The van der Waals surface area contributed by atoms with Crippen LogP contribution >= 0.6 is 0 Å². The van der Waals surface area contributed by atoms with Gasteiger partial charge in [0.15, 0.2) is 12.1 Å². The summed E-state index contributed by atoms with van der Waals surface area (Å²) in [5.41, 5.74) is -0.953. The fraction of sp³-hybridized carbons (Fsp3) is 0.423. The lowest BCUT2D eigenvalue weighted by molar-refractivity contribution is -0.290. The van der Waals surface area contributed by atoms with Gasteiger partial charge in [0.2, 0.25) is 17.5 Å². The highest BCUT2D eigenvalue weighted by molar-refractivity contribution is 5.88. The van der Waals surface area contributed by atoms with Crippen molar-refractivity contribution in [2.24, 2.45) is 0 Å². The first-order chi connectivity index (χ1) is 19.5. The van der Waals surface area contributed by atoms with E-state index in [1.807, 2.05) is 0 Å². The van der Waals surface area contributed by atoms with Crippen LogP contribution in [0.2, 0.25) is 0 Å². The van der Waals surface area contributed by atoms with Crippen molar-refractivity contribution in [1.82, 2.24) is 0 Å². The quantitative estimate of drug-likeness (QED) is 0.150. The Kier molecular flexibility index (Phi) is 8.06. The third kappa shape index (κ3) is 5.42. The standard InChI is InChI=1S/C26H28O15/c27-7-14-17(31)21(35)25(39-14)37-8-15-18(32)20(34)22(36)26(40-15)41-24-19(33)16-12(30)5-11(29)6-13(16)38-23(24)9-1-3-10(28)4-2-9/h1-6,14-15,17-18,20-22,25-32,34-36H,7-8H2/t14-,15-,17+,18-,20+,21-,22-,25-,26+/m1/s1. The Hall–Kier alpha value is -3.51. The number of hydrogen-bond acceptors (Lipinski definition) is 15. The molecule has 3 heterocycles. The summed E-state index contributed by atoms with van der Waals surface area (Å²) < 4.78 is 27.7. The Morgan fingerprint density at radius 3 is 2.05 bits per heavy atom. The minimum absolute atomic E-state index is 0.102. The highest BCUT2D eigenvalue weighted by Gasteiger charge is 2.48. The number of phenols is 3. The minimum atomic E-state index is -1.91. The van der Waals surface area contributed by atoms with Crippen molar-refractivity contribution in [1.29, 1.82) is 0 Å². The van der Waals surface area contributed by atoms with Crippen LogP contribution in [0.5, 0.6) is 23.0 Å². The first-order valence-corrected chi connectivity index (χ1v) is 12.4. The van der Waals surface area contributed by atoms with Gasteiger partial charge in [0.25, 0.3) is 0 Å². The zero-order valence-corrected chi connectivity index (χ0v) is 21.0. The molecule has 2 saturated heterocycles. The van der Waals surface area contributed by atoms with Crippen LogP contribution in [0.4, 0.5) is 0 Å². The molecule has 41 heavy (non-hydrogen) atoms. The monoisotopic (exact) mass is 580 g/mol. The number of phenolic OH excluding ortho intramolecular Hbond substituents is 3. The van der Waals surface area contributed by atoms with Crippen molar-refractivity contribution >= 4 is 11.0 Å². The molecule has 15 nitrogen and oxygen atoms in total. The Labute approximate surface area is 230 Å². The number of benzene rings is 2. The Bertz CT molecular complexity index is 1440. The predicted octanol–water partition coefficient (Wildman–Crippen LogP) is -1.78. The Balaban J connectivity index is 1.46. The van der Waals surface area contributed by atoms with Crippen LogP contribution in [0.3, 0.4) is 0 Å². The largest absolute Gasteiger partial charge is 0.508 e. The predicted molar refractivity (Wildman–Crippen MR) is 134 cm³/mol. The molecule has 2 aromatic carbocycles. The molecule has 0 aliphatic carbocycles. The van der Waals surface area contributed by atoms with Gasteiger partial charge >= 0.3 is 0 Å². The van der Waals surface area contributed by atoms with Crippen molar-refractivity contribution in [3.8, 4) is 34.3 Å². The molecule has 222 valence electrons. The summed E-state index contributed by atoms with van der Waals surface area (Å²) in [6, 6.07) is 7.33. The fourth-order valence-electron chi connectivity index (χ4n) is 4.64. The highest BCUT2D eigenvalue weighted by atomic mass is 16.7. The lowest BCUT2D eigenvalue weighted by Gasteiger charge is -2.40. The topological polar surface area (TPSA) is 249 Å². The third-order valence-corrected chi connectivity index (χ3v) is 6.87. The maximum absolute atomic E-state index is 13.5. The number of aromatic hydroxyl groups is 3. The minimum Gasteiger partial charge on any atom is -0.508 e. The van der Waals surface area contributed by atoms with Crippen molar-refractivity contribution in [3.63, 3.8) is 0 Å². The smallest absolute Gasteiger partial charge is 0.239 e. The molecular formula is C26H28O15. The average Bonchev–Trinajstić information content (AvgIpc) is 3.21. The van der Waals surface area contributed by atoms with E-state index in [9.17, 15) is 50.8 Å². The van der Waals surface area contributed by atoms with E-state index in [0.29, 0.717) is 0 Å². The molecule has 0 saturated carbocycles. The van der Waals surface area contributed by atoms with E-state index in [2.05, 4.69) is 0 Å². The second kappa shape index (κ2) is 11.4. The summed E-state index contributed by atoms with van der Waals surface area (Å²) in [6.45, 7) is -1.16. The van der Waals surface area contributed by atoms with E-state index in [1.165, 1.54) is 24.3 Å². The zero-order chi connectivity index (χ0) is 29.6. The van der Waals surface area contributed by atoms with Gasteiger partial charge in [-0.25, -0.2) is 0 Å². The number of fused-ring (bicyclic) bond motifs is 1. The Morgan fingerprint density at radius 1 is 0.756 bits per heavy atom. The lowest BCUT2D eigenvalue weighted by atomic mass is 9.99. The van der Waals surface area contributed by atoms with Crippen molar-refractivity contribution in [2.45, 2.75) is 55.3 Å². The van der Waals surface area contributed by atoms with Gasteiger partial charge < -0.3 is 69.3 Å². The summed E-state index contributed by atoms with van der Waals surface area (Å²) in [5, 5.41) is 90.3. The molecular weight excluding hydrogens is 552 g/mol. The van der Waals surface area contributed by atoms with Crippen molar-refractivity contribution in [2.75, 3.05) is 13.2 Å². The van der Waals surface area contributed by atoms with Crippen molar-refractivity contribution in [3.05, 3.63) is 46.6 Å². The molecule has 5 rings (SSSR count). The molecule has 9 atom stereocenters. The molecule has 0 spiro atoms. The maximum atomic E-state index is 13.5. The Morgan fingerprint density at radius 2 is 1.39 bits per heavy atom. The van der Waals surface area contributed by atoms with Gasteiger partial charge in [0.05, 0.1) is 13.2 Å². The van der Waals surface area contributed by atoms with Crippen LogP contribution in [0.15, 0.2) is 45.6 Å². The lowest BCUT2D eigenvalue weighted by Crippen LogP contribution is -2.60. The number of rotatable bonds is 7. The number of ether oxygens (including phenoxy) is 4. The summed E-state index contributed by atoms with van der Waals surface area (Å²) in [7, 11) is 0. The van der Waals surface area contributed by atoms with Crippen LogP contribution in [0.25, 0.3) is 22.3 Å². The number of aliphatic hydroxyl groups is 6. The van der Waals surface area contributed by atoms with Crippen LogP contribution in [0.1, 0.15) is 0 Å². The SMILES string of the molecule is O=c1c(O[C@@H]2O[C@H](CO[C@@H]3O[C@H](CO)[C@H](O)[C@H]3O)[C@@H](O)[C@H](O)[C@H]2O)c(-c2ccc(O)cc2)oc2cc(O)cc(O)c12. The van der Waals surface area contributed by atoms with Crippen LogP contribution in [-0.4, -0.2) is 114 Å². The molecule has 2 aliphatic heterocycles. The normalized spacial score (nSPS) is 31.9. The zero-order valence-electron chi connectivity index (χ0n) is 21.0. The van der Waals surface area contributed by atoms with Crippen LogP contribution in [0, 0.1) is 0 Å². The average molecular weight is 580 g/mol. The van der Waals surface area contributed by atoms with Gasteiger partial charge in [-0.2, -0.15) is 0 Å². The molecule has 3 aromatic rings. The third-order valence-electron chi connectivity index (χ3n) is 6.87. The number of hydrogen-bond donors (Lipinski definition) is 9. The molecule has 0 radical (unpaired) electrons. The molecule has 0 amide bonds. The second-order valence-corrected chi connectivity index (χ2v) is 9.65. The van der Waals surface area contributed by atoms with E-state index in [-0.39, 0.29) is 28.0 Å². The van der Waals surface area contributed by atoms with Gasteiger partial charge in [-0.1, -0.05) is 0 Å². The highest BCUT2D eigenvalue weighted by Crippen LogP contribution is 2.37. The van der Waals surface area contributed by atoms with Crippen LogP contribution < -0.4 is 10.2 Å². The van der Waals surface area contributed by atoms with E-state index in [4.69, 9.17) is 23.4 Å².